The molecule has 0 atom stereocenters. The summed E-state index contributed by atoms with van der Waals surface area (Å²) in [6, 6.07) is 21.5. The minimum absolute atomic E-state index is 0.546. The highest BCUT2D eigenvalue weighted by Gasteiger charge is 2.16. The molecule has 0 saturated heterocycles. The zero-order valence-corrected chi connectivity index (χ0v) is 18.5. The van der Waals surface area contributed by atoms with Crippen LogP contribution in [0.5, 0.6) is 0 Å². The van der Waals surface area contributed by atoms with Crippen LogP contribution in [-0.4, -0.2) is 14.8 Å². The van der Waals surface area contributed by atoms with Crippen molar-refractivity contribution in [1.82, 2.24) is 14.8 Å². The molecule has 0 amide bonds. The maximum absolute atomic E-state index is 6.15. The van der Waals surface area contributed by atoms with Gasteiger partial charge in [0.25, 0.3) is 0 Å². The third kappa shape index (κ3) is 4.62. The highest BCUT2D eigenvalue weighted by molar-refractivity contribution is 7.98. The Morgan fingerprint density at radius 2 is 1.66 bits per heavy atom. The van der Waals surface area contributed by atoms with E-state index in [0.29, 0.717) is 20.8 Å². The molecule has 0 fully saturated rings. The van der Waals surface area contributed by atoms with Crippen LogP contribution in [0, 0.1) is 6.92 Å². The SMILES string of the molecule is Cc1cccc(-c2nnc(SCc3ccc(Cl)c(Cl)c3)n2-c2ccc(Cl)cc2)c1. The van der Waals surface area contributed by atoms with E-state index >= 15 is 0 Å². The van der Waals surface area contributed by atoms with Crippen LogP contribution >= 0.6 is 46.6 Å². The van der Waals surface area contributed by atoms with Crippen molar-refractivity contribution in [3.8, 4) is 17.1 Å². The van der Waals surface area contributed by atoms with Crippen molar-refractivity contribution in [2.45, 2.75) is 17.8 Å². The second-order valence-corrected chi connectivity index (χ2v) is 8.72. The van der Waals surface area contributed by atoms with Gasteiger partial charge in [0.2, 0.25) is 0 Å². The number of nitrogens with zero attached hydrogens (tertiary/aromatic N) is 3. The molecule has 4 aromatic rings. The van der Waals surface area contributed by atoms with E-state index in [0.717, 1.165) is 33.4 Å². The molecule has 0 bridgehead atoms. The average Bonchev–Trinajstić information content (AvgIpc) is 3.13. The van der Waals surface area contributed by atoms with E-state index in [1.807, 2.05) is 59.2 Å². The molecule has 1 heterocycles. The second-order valence-electron chi connectivity index (χ2n) is 6.52. The van der Waals surface area contributed by atoms with Gasteiger partial charge in [0.15, 0.2) is 11.0 Å². The Labute approximate surface area is 188 Å². The zero-order chi connectivity index (χ0) is 20.4. The molecule has 0 aliphatic carbocycles. The van der Waals surface area contributed by atoms with Crippen LogP contribution < -0.4 is 0 Å². The Morgan fingerprint density at radius 1 is 0.862 bits per heavy atom. The summed E-state index contributed by atoms with van der Waals surface area (Å²) in [5.74, 6) is 1.48. The van der Waals surface area contributed by atoms with Gasteiger partial charge in [-0.1, -0.05) is 76.4 Å². The van der Waals surface area contributed by atoms with Gasteiger partial charge in [-0.15, -0.1) is 10.2 Å². The molecule has 0 aliphatic rings. The first-order valence-electron chi connectivity index (χ1n) is 8.86. The van der Waals surface area contributed by atoms with Gasteiger partial charge in [-0.3, -0.25) is 4.57 Å². The number of halogens is 3. The summed E-state index contributed by atoms with van der Waals surface area (Å²) in [5.41, 5.74) is 4.19. The third-order valence-electron chi connectivity index (χ3n) is 4.35. The molecule has 0 saturated carbocycles. The van der Waals surface area contributed by atoms with Gasteiger partial charge >= 0.3 is 0 Å². The van der Waals surface area contributed by atoms with E-state index in [9.17, 15) is 0 Å². The molecule has 1 aromatic heterocycles. The first kappa shape index (κ1) is 20.3. The number of thioether (sulfide) groups is 1. The van der Waals surface area contributed by atoms with Crippen LogP contribution in [0.25, 0.3) is 17.1 Å². The summed E-state index contributed by atoms with van der Waals surface area (Å²) in [6.07, 6.45) is 0. The van der Waals surface area contributed by atoms with Crippen molar-refractivity contribution in [3.05, 3.63) is 92.9 Å². The fraction of sp³-hybridized carbons (Fsp3) is 0.0909. The number of aromatic nitrogens is 3. The van der Waals surface area contributed by atoms with Gasteiger partial charge in [-0.2, -0.15) is 0 Å². The van der Waals surface area contributed by atoms with Crippen LogP contribution in [0.4, 0.5) is 0 Å². The van der Waals surface area contributed by atoms with Crippen molar-refractivity contribution in [2.75, 3.05) is 0 Å². The lowest BCUT2D eigenvalue weighted by Gasteiger charge is -2.11. The van der Waals surface area contributed by atoms with E-state index in [1.165, 1.54) is 0 Å². The van der Waals surface area contributed by atoms with Crippen LogP contribution in [-0.2, 0) is 5.75 Å². The number of rotatable bonds is 5. The van der Waals surface area contributed by atoms with E-state index in [1.54, 1.807) is 11.8 Å². The second kappa shape index (κ2) is 8.80. The van der Waals surface area contributed by atoms with Crippen molar-refractivity contribution >= 4 is 46.6 Å². The predicted molar refractivity (Wildman–Crippen MR) is 123 cm³/mol. The molecule has 7 heteroatoms. The number of hydrogen-bond acceptors (Lipinski definition) is 3. The summed E-state index contributed by atoms with van der Waals surface area (Å²) in [7, 11) is 0. The van der Waals surface area contributed by atoms with Crippen molar-refractivity contribution in [3.63, 3.8) is 0 Å². The van der Waals surface area contributed by atoms with Gasteiger partial charge in [0.05, 0.1) is 10.0 Å². The normalized spacial score (nSPS) is 11.0. The van der Waals surface area contributed by atoms with E-state index < -0.39 is 0 Å². The summed E-state index contributed by atoms with van der Waals surface area (Å²) < 4.78 is 2.05. The van der Waals surface area contributed by atoms with Crippen molar-refractivity contribution < 1.29 is 0 Å². The Kier molecular flexibility index (Phi) is 6.16. The molecule has 4 rings (SSSR count). The maximum Gasteiger partial charge on any atom is 0.196 e. The minimum Gasteiger partial charge on any atom is -0.270 e. The molecule has 0 unspecified atom stereocenters. The van der Waals surface area contributed by atoms with Crippen molar-refractivity contribution in [1.29, 1.82) is 0 Å². The molecule has 0 N–H and O–H groups in total. The predicted octanol–water partition coefficient (Wildman–Crippen LogP) is 7.50. The molecular formula is C22H16Cl3N3S. The highest BCUT2D eigenvalue weighted by Crippen LogP contribution is 2.32. The van der Waals surface area contributed by atoms with Crippen LogP contribution in [0.2, 0.25) is 15.1 Å². The fourth-order valence-corrected chi connectivity index (χ4v) is 4.28. The van der Waals surface area contributed by atoms with Gasteiger partial charge in [0.1, 0.15) is 0 Å². The summed E-state index contributed by atoms with van der Waals surface area (Å²) >= 11 is 19.9. The molecular weight excluding hydrogens is 445 g/mol. The molecule has 0 spiro atoms. The molecule has 0 radical (unpaired) electrons. The molecule has 0 aliphatic heterocycles. The summed E-state index contributed by atoms with van der Waals surface area (Å²) in [5, 5.41) is 11.5. The molecule has 29 heavy (non-hydrogen) atoms. The standard InChI is InChI=1S/C22H16Cl3N3S/c1-14-3-2-4-16(11-14)21-26-27-22(28(21)18-8-6-17(23)7-9-18)29-13-15-5-10-19(24)20(25)12-15/h2-12H,13H2,1H3. The largest absolute Gasteiger partial charge is 0.270 e. The lowest BCUT2D eigenvalue weighted by molar-refractivity contribution is 0.886. The maximum atomic E-state index is 6.15. The quantitative estimate of drug-likeness (QED) is 0.289. The fourth-order valence-electron chi connectivity index (χ4n) is 2.93. The van der Waals surface area contributed by atoms with Gasteiger partial charge in [0, 0.05) is 22.0 Å². The Balaban J connectivity index is 1.73. The molecule has 3 nitrogen and oxygen atoms in total. The smallest absolute Gasteiger partial charge is 0.196 e. The molecule has 146 valence electrons. The number of hydrogen-bond donors (Lipinski definition) is 0. The van der Waals surface area contributed by atoms with Gasteiger partial charge < -0.3 is 0 Å². The number of benzene rings is 3. The lowest BCUT2D eigenvalue weighted by atomic mass is 10.1. The average molecular weight is 461 g/mol. The lowest BCUT2D eigenvalue weighted by Crippen LogP contribution is -2.00. The zero-order valence-electron chi connectivity index (χ0n) is 15.4. The third-order valence-corrected chi connectivity index (χ3v) is 6.34. The van der Waals surface area contributed by atoms with Crippen LogP contribution in [0.3, 0.4) is 0 Å². The van der Waals surface area contributed by atoms with E-state index in [-0.39, 0.29) is 0 Å². The van der Waals surface area contributed by atoms with Gasteiger partial charge in [-0.25, -0.2) is 0 Å². The van der Waals surface area contributed by atoms with Crippen LogP contribution in [0.1, 0.15) is 11.1 Å². The minimum atomic E-state index is 0.546. The number of aryl methyl sites for hydroxylation is 1. The Hall–Kier alpha value is -1.98. The first-order chi connectivity index (χ1) is 14.0. The van der Waals surface area contributed by atoms with Crippen LogP contribution in [0.15, 0.2) is 71.9 Å². The van der Waals surface area contributed by atoms with E-state index in [2.05, 4.69) is 29.3 Å². The summed E-state index contributed by atoms with van der Waals surface area (Å²) in [4.78, 5) is 0. The Bertz CT molecular complexity index is 1160. The molecule has 3 aromatic carbocycles. The first-order valence-corrected chi connectivity index (χ1v) is 11.0. The Morgan fingerprint density at radius 3 is 2.38 bits per heavy atom. The van der Waals surface area contributed by atoms with Crippen molar-refractivity contribution in [2.24, 2.45) is 0 Å². The van der Waals surface area contributed by atoms with Gasteiger partial charge in [-0.05, 0) is 55.0 Å². The highest BCUT2D eigenvalue weighted by atomic mass is 35.5. The monoisotopic (exact) mass is 459 g/mol. The van der Waals surface area contributed by atoms with E-state index in [4.69, 9.17) is 34.8 Å². The topological polar surface area (TPSA) is 30.7 Å². The summed E-state index contributed by atoms with van der Waals surface area (Å²) in [6.45, 7) is 2.06.